The van der Waals surface area contributed by atoms with Crippen LogP contribution in [-0.2, 0) is 19.6 Å². The normalized spacial score (nSPS) is 10.9. The SMILES string of the molecule is COC(=O)COc1ccc(S(=O)(=O)Nc2cc(C)ccc2OC)cc1Cl. The standard InChI is InChI=1S/C17H18ClNO6S/c1-11-4-6-16(23-2)14(8-11)19-26(21,22)12-5-7-15(13(18)9-12)25-10-17(20)24-3/h4-9,19H,10H2,1-3H3. The molecule has 2 rings (SSSR count). The summed E-state index contributed by atoms with van der Waals surface area (Å²) in [5.41, 5.74) is 1.18. The van der Waals surface area contributed by atoms with Crippen LogP contribution in [0.2, 0.25) is 5.02 Å². The lowest BCUT2D eigenvalue weighted by Crippen LogP contribution is -2.15. The Labute approximate surface area is 156 Å². The fourth-order valence-electron chi connectivity index (χ4n) is 2.07. The second kappa shape index (κ2) is 8.29. The first-order chi connectivity index (χ1) is 12.3. The van der Waals surface area contributed by atoms with Gasteiger partial charge in [-0.05, 0) is 42.8 Å². The van der Waals surface area contributed by atoms with Gasteiger partial charge in [-0.15, -0.1) is 0 Å². The highest BCUT2D eigenvalue weighted by molar-refractivity contribution is 7.92. The van der Waals surface area contributed by atoms with Gasteiger partial charge >= 0.3 is 5.97 Å². The number of rotatable bonds is 7. The van der Waals surface area contributed by atoms with Crippen LogP contribution in [0.15, 0.2) is 41.3 Å². The van der Waals surface area contributed by atoms with E-state index in [0.717, 1.165) is 5.56 Å². The summed E-state index contributed by atoms with van der Waals surface area (Å²) in [4.78, 5) is 11.0. The molecule has 0 saturated carbocycles. The number of benzene rings is 2. The van der Waals surface area contributed by atoms with Gasteiger partial charge in [0.05, 0.1) is 29.8 Å². The summed E-state index contributed by atoms with van der Waals surface area (Å²) >= 11 is 6.05. The molecule has 0 aliphatic rings. The van der Waals surface area contributed by atoms with E-state index in [9.17, 15) is 13.2 Å². The topological polar surface area (TPSA) is 90.9 Å². The molecule has 0 heterocycles. The zero-order valence-corrected chi connectivity index (χ0v) is 16.0. The minimum atomic E-state index is -3.90. The van der Waals surface area contributed by atoms with Gasteiger partial charge in [0.1, 0.15) is 11.5 Å². The monoisotopic (exact) mass is 399 g/mol. The molecule has 0 bridgehead atoms. The summed E-state index contributed by atoms with van der Waals surface area (Å²) in [6, 6.07) is 9.06. The fourth-order valence-corrected chi connectivity index (χ4v) is 3.45. The number of hydrogen-bond acceptors (Lipinski definition) is 6. The largest absolute Gasteiger partial charge is 0.495 e. The van der Waals surface area contributed by atoms with Gasteiger partial charge in [0.25, 0.3) is 10.0 Å². The second-order valence-corrected chi connectivity index (χ2v) is 7.36. The van der Waals surface area contributed by atoms with Gasteiger partial charge in [-0.1, -0.05) is 17.7 Å². The Morgan fingerprint density at radius 3 is 2.42 bits per heavy atom. The minimum Gasteiger partial charge on any atom is -0.495 e. The molecule has 0 unspecified atom stereocenters. The lowest BCUT2D eigenvalue weighted by atomic mass is 10.2. The van der Waals surface area contributed by atoms with Crippen molar-refractivity contribution in [3.63, 3.8) is 0 Å². The van der Waals surface area contributed by atoms with Crippen molar-refractivity contribution in [2.75, 3.05) is 25.5 Å². The van der Waals surface area contributed by atoms with E-state index in [1.165, 1.54) is 32.4 Å². The molecule has 26 heavy (non-hydrogen) atoms. The number of carbonyl (C=O) groups is 1. The predicted octanol–water partition coefficient (Wildman–Crippen LogP) is 3.01. The molecule has 0 saturated heterocycles. The molecule has 2 aromatic carbocycles. The van der Waals surface area contributed by atoms with E-state index in [4.69, 9.17) is 21.1 Å². The third kappa shape index (κ3) is 4.80. The number of aryl methyl sites for hydroxylation is 1. The van der Waals surface area contributed by atoms with Crippen molar-refractivity contribution in [1.29, 1.82) is 0 Å². The van der Waals surface area contributed by atoms with Gasteiger partial charge in [0.15, 0.2) is 6.61 Å². The molecule has 0 aromatic heterocycles. The van der Waals surface area contributed by atoms with Crippen molar-refractivity contribution >= 4 is 33.3 Å². The maximum Gasteiger partial charge on any atom is 0.343 e. The van der Waals surface area contributed by atoms with Crippen molar-refractivity contribution in [2.24, 2.45) is 0 Å². The molecule has 0 aliphatic carbocycles. The number of halogens is 1. The van der Waals surface area contributed by atoms with Gasteiger partial charge in [-0.25, -0.2) is 13.2 Å². The summed E-state index contributed by atoms with van der Waals surface area (Å²) in [5, 5.41) is 0.0491. The Kier molecular flexibility index (Phi) is 6.33. The quantitative estimate of drug-likeness (QED) is 0.719. The number of sulfonamides is 1. The highest BCUT2D eigenvalue weighted by Gasteiger charge is 2.19. The Morgan fingerprint density at radius 1 is 1.12 bits per heavy atom. The fraction of sp³-hybridized carbons (Fsp3) is 0.235. The van der Waals surface area contributed by atoms with Gasteiger partial charge in [0, 0.05) is 0 Å². The van der Waals surface area contributed by atoms with E-state index >= 15 is 0 Å². The predicted molar refractivity (Wildman–Crippen MR) is 97.5 cm³/mol. The number of methoxy groups -OCH3 is 2. The van der Waals surface area contributed by atoms with Crippen molar-refractivity contribution in [3.8, 4) is 11.5 Å². The molecule has 9 heteroatoms. The van der Waals surface area contributed by atoms with Crippen molar-refractivity contribution in [1.82, 2.24) is 0 Å². The first-order valence-corrected chi connectivity index (χ1v) is 9.29. The molecule has 0 spiro atoms. The number of ether oxygens (including phenoxy) is 3. The van der Waals surface area contributed by atoms with Crippen molar-refractivity contribution in [3.05, 3.63) is 47.0 Å². The average Bonchev–Trinajstić information content (AvgIpc) is 2.60. The van der Waals surface area contributed by atoms with Gasteiger partial charge < -0.3 is 14.2 Å². The highest BCUT2D eigenvalue weighted by Crippen LogP contribution is 2.31. The second-order valence-electron chi connectivity index (χ2n) is 5.27. The number of anilines is 1. The van der Waals surface area contributed by atoms with Crippen LogP contribution in [-0.4, -0.2) is 35.2 Å². The first kappa shape index (κ1) is 19.9. The third-order valence-electron chi connectivity index (χ3n) is 3.39. The average molecular weight is 400 g/mol. The number of carbonyl (C=O) groups excluding carboxylic acids is 1. The van der Waals surface area contributed by atoms with Crippen LogP contribution in [0.1, 0.15) is 5.56 Å². The van der Waals surface area contributed by atoms with Crippen molar-refractivity contribution in [2.45, 2.75) is 11.8 Å². The van der Waals surface area contributed by atoms with Crippen LogP contribution >= 0.6 is 11.6 Å². The zero-order valence-electron chi connectivity index (χ0n) is 14.4. The van der Waals surface area contributed by atoms with Crippen LogP contribution in [0, 0.1) is 6.92 Å². The minimum absolute atomic E-state index is 0.0491. The molecule has 0 fully saturated rings. The molecule has 0 amide bonds. The Bertz CT molecular complexity index is 913. The van der Waals surface area contributed by atoms with E-state index < -0.39 is 16.0 Å². The zero-order chi connectivity index (χ0) is 19.3. The molecular formula is C17H18ClNO6S. The molecule has 0 radical (unpaired) electrons. The molecule has 7 nitrogen and oxygen atoms in total. The Hall–Kier alpha value is -2.45. The van der Waals surface area contributed by atoms with Crippen LogP contribution in [0.3, 0.4) is 0 Å². The van der Waals surface area contributed by atoms with E-state index in [-0.39, 0.29) is 22.3 Å². The van der Waals surface area contributed by atoms with Crippen LogP contribution in [0.4, 0.5) is 5.69 Å². The lowest BCUT2D eigenvalue weighted by molar-refractivity contribution is -0.142. The first-order valence-electron chi connectivity index (χ1n) is 7.43. The number of esters is 1. The molecule has 140 valence electrons. The summed E-state index contributed by atoms with van der Waals surface area (Å²) in [5.74, 6) is -0.0153. The van der Waals surface area contributed by atoms with Crippen LogP contribution in [0.5, 0.6) is 11.5 Å². The molecule has 0 atom stereocenters. The van der Waals surface area contributed by atoms with E-state index in [1.54, 1.807) is 18.2 Å². The summed E-state index contributed by atoms with van der Waals surface area (Å²) in [6.45, 7) is 1.50. The smallest absolute Gasteiger partial charge is 0.343 e. The third-order valence-corrected chi connectivity index (χ3v) is 5.04. The van der Waals surface area contributed by atoms with E-state index in [2.05, 4.69) is 9.46 Å². The molecular weight excluding hydrogens is 382 g/mol. The molecule has 2 aromatic rings. The molecule has 0 aliphatic heterocycles. The van der Waals surface area contributed by atoms with Crippen LogP contribution < -0.4 is 14.2 Å². The molecule has 1 N–H and O–H groups in total. The summed E-state index contributed by atoms with van der Waals surface area (Å²) in [6.07, 6.45) is 0. The maximum absolute atomic E-state index is 12.6. The van der Waals surface area contributed by atoms with Gasteiger partial charge in [-0.3, -0.25) is 4.72 Å². The van der Waals surface area contributed by atoms with E-state index in [1.807, 2.05) is 6.92 Å². The van der Waals surface area contributed by atoms with Gasteiger partial charge in [0.2, 0.25) is 0 Å². The number of nitrogens with one attached hydrogen (secondary N) is 1. The van der Waals surface area contributed by atoms with E-state index in [0.29, 0.717) is 11.4 Å². The number of hydrogen-bond donors (Lipinski definition) is 1. The lowest BCUT2D eigenvalue weighted by Gasteiger charge is -2.13. The summed E-state index contributed by atoms with van der Waals surface area (Å²) < 4.78 is 42.5. The van der Waals surface area contributed by atoms with Crippen LogP contribution in [0.25, 0.3) is 0 Å². The van der Waals surface area contributed by atoms with Crippen molar-refractivity contribution < 1.29 is 27.4 Å². The summed E-state index contributed by atoms with van der Waals surface area (Å²) in [7, 11) is -1.22. The maximum atomic E-state index is 12.6. The van der Waals surface area contributed by atoms with Gasteiger partial charge in [-0.2, -0.15) is 0 Å². The highest BCUT2D eigenvalue weighted by atomic mass is 35.5. The Balaban J connectivity index is 2.25. The Morgan fingerprint density at radius 2 is 1.81 bits per heavy atom.